The second-order valence-electron chi connectivity index (χ2n) is 4.29. The molecule has 0 fully saturated rings. The minimum atomic E-state index is 0.298. The van der Waals surface area contributed by atoms with Gasteiger partial charge < -0.3 is 10.5 Å². The van der Waals surface area contributed by atoms with Gasteiger partial charge in [-0.25, -0.2) is 0 Å². The summed E-state index contributed by atoms with van der Waals surface area (Å²) in [6.07, 6.45) is 2.09. The van der Waals surface area contributed by atoms with Gasteiger partial charge in [0.05, 0.1) is 7.11 Å². The predicted octanol–water partition coefficient (Wildman–Crippen LogP) is 2.61. The second kappa shape index (κ2) is 5.76. The molecule has 1 atom stereocenters. The Balaban J connectivity index is 2.44. The first kappa shape index (κ1) is 12.1. The van der Waals surface area contributed by atoms with Crippen molar-refractivity contribution >= 4 is 0 Å². The Morgan fingerprint density at radius 3 is 2.27 bits per heavy atom. The van der Waals surface area contributed by atoms with Crippen molar-refractivity contribution in [3.8, 4) is 5.75 Å². The van der Waals surface area contributed by atoms with Crippen LogP contribution in [-0.2, 0) is 6.42 Å². The zero-order chi connectivity index (χ0) is 11.3. The van der Waals surface area contributed by atoms with Crippen molar-refractivity contribution in [3.63, 3.8) is 0 Å². The zero-order valence-electron chi connectivity index (χ0n) is 9.86. The standard InChI is InChI=1S/C13H21NO/c1-10(2)13(14)9-6-11-4-7-12(15-3)8-5-11/h4-5,7-8,10,13H,6,9,14H2,1-3H3. The predicted molar refractivity (Wildman–Crippen MR) is 64.1 cm³/mol. The lowest BCUT2D eigenvalue weighted by atomic mass is 9.98. The van der Waals surface area contributed by atoms with Crippen molar-refractivity contribution in [3.05, 3.63) is 29.8 Å². The molecule has 15 heavy (non-hydrogen) atoms. The fourth-order valence-corrected chi connectivity index (χ4v) is 1.46. The Morgan fingerprint density at radius 1 is 1.20 bits per heavy atom. The number of hydrogen-bond donors (Lipinski definition) is 1. The van der Waals surface area contributed by atoms with Crippen molar-refractivity contribution in [1.29, 1.82) is 0 Å². The van der Waals surface area contributed by atoms with Gasteiger partial charge in [0.2, 0.25) is 0 Å². The molecule has 0 aliphatic heterocycles. The molecule has 1 aromatic carbocycles. The molecular weight excluding hydrogens is 186 g/mol. The number of nitrogens with two attached hydrogens (primary N) is 1. The summed E-state index contributed by atoms with van der Waals surface area (Å²) in [5.41, 5.74) is 7.32. The van der Waals surface area contributed by atoms with Gasteiger partial charge in [0.25, 0.3) is 0 Å². The third kappa shape index (κ3) is 3.92. The van der Waals surface area contributed by atoms with E-state index >= 15 is 0 Å². The highest BCUT2D eigenvalue weighted by molar-refractivity contribution is 5.27. The van der Waals surface area contributed by atoms with E-state index in [9.17, 15) is 0 Å². The second-order valence-corrected chi connectivity index (χ2v) is 4.29. The lowest BCUT2D eigenvalue weighted by Gasteiger charge is -2.15. The highest BCUT2D eigenvalue weighted by Crippen LogP contribution is 2.14. The third-order valence-corrected chi connectivity index (χ3v) is 2.78. The van der Waals surface area contributed by atoms with E-state index in [0.717, 1.165) is 18.6 Å². The van der Waals surface area contributed by atoms with Gasteiger partial charge in [-0.1, -0.05) is 26.0 Å². The first-order valence-electron chi connectivity index (χ1n) is 5.52. The van der Waals surface area contributed by atoms with Crippen LogP contribution in [0.5, 0.6) is 5.75 Å². The zero-order valence-corrected chi connectivity index (χ0v) is 9.86. The van der Waals surface area contributed by atoms with Gasteiger partial charge in [0, 0.05) is 6.04 Å². The van der Waals surface area contributed by atoms with Crippen molar-refractivity contribution in [2.45, 2.75) is 32.7 Å². The molecule has 2 heteroatoms. The summed E-state index contributed by atoms with van der Waals surface area (Å²) in [7, 11) is 1.68. The smallest absolute Gasteiger partial charge is 0.118 e. The molecule has 2 nitrogen and oxygen atoms in total. The van der Waals surface area contributed by atoms with E-state index < -0.39 is 0 Å². The first-order chi connectivity index (χ1) is 7.13. The number of aryl methyl sites for hydroxylation is 1. The van der Waals surface area contributed by atoms with Crippen LogP contribution in [0.2, 0.25) is 0 Å². The van der Waals surface area contributed by atoms with E-state index in [0.29, 0.717) is 12.0 Å². The number of hydrogen-bond acceptors (Lipinski definition) is 2. The van der Waals surface area contributed by atoms with Crippen LogP contribution in [0.3, 0.4) is 0 Å². The fourth-order valence-electron chi connectivity index (χ4n) is 1.46. The third-order valence-electron chi connectivity index (χ3n) is 2.78. The molecule has 1 rings (SSSR count). The molecule has 1 aromatic rings. The Kier molecular flexibility index (Phi) is 4.63. The Bertz CT molecular complexity index is 279. The fraction of sp³-hybridized carbons (Fsp3) is 0.538. The summed E-state index contributed by atoms with van der Waals surface area (Å²) in [5, 5.41) is 0. The molecule has 0 bridgehead atoms. The average Bonchev–Trinajstić information content (AvgIpc) is 2.26. The Morgan fingerprint density at radius 2 is 1.80 bits per heavy atom. The van der Waals surface area contributed by atoms with Crippen LogP contribution in [0.1, 0.15) is 25.8 Å². The molecule has 0 spiro atoms. The van der Waals surface area contributed by atoms with Gasteiger partial charge >= 0.3 is 0 Å². The molecule has 0 aliphatic rings. The van der Waals surface area contributed by atoms with Crippen LogP contribution in [0.25, 0.3) is 0 Å². The maximum atomic E-state index is 6.00. The quantitative estimate of drug-likeness (QED) is 0.805. The highest BCUT2D eigenvalue weighted by Gasteiger charge is 2.07. The van der Waals surface area contributed by atoms with Gasteiger partial charge in [-0.2, -0.15) is 0 Å². The van der Waals surface area contributed by atoms with Crippen molar-refractivity contribution in [2.75, 3.05) is 7.11 Å². The number of methoxy groups -OCH3 is 1. The lowest BCUT2D eigenvalue weighted by Crippen LogP contribution is -2.26. The van der Waals surface area contributed by atoms with Gasteiger partial charge in [0.15, 0.2) is 0 Å². The monoisotopic (exact) mass is 207 g/mol. The van der Waals surface area contributed by atoms with Crippen LogP contribution in [-0.4, -0.2) is 13.2 Å². The molecule has 1 unspecified atom stereocenters. The largest absolute Gasteiger partial charge is 0.497 e. The van der Waals surface area contributed by atoms with Gasteiger partial charge in [-0.15, -0.1) is 0 Å². The lowest BCUT2D eigenvalue weighted by molar-refractivity contribution is 0.414. The summed E-state index contributed by atoms with van der Waals surface area (Å²) < 4.78 is 5.11. The topological polar surface area (TPSA) is 35.2 Å². The van der Waals surface area contributed by atoms with Crippen LogP contribution in [0.4, 0.5) is 0 Å². The molecule has 2 N–H and O–H groups in total. The van der Waals surface area contributed by atoms with Gasteiger partial charge in [-0.3, -0.25) is 0 Å². The van der Waals surface area contributed by atoms with Crippen LogP contribution in [0.15, 0.2) is 24.3 Å². The van der Waals surface area contributed by atoms with Crippen molar-refractivity contribution in [2.24, 2.45) is 11.7 Å². The molecule has 0 aliphatic carbocycles. The Labute approximate surface area is 92.4 Å². The van der Waals surface area contributed by atoms with Crippen LogP contribution >= 0.6 is 0 Å². The SMILES string of the molecule is COc1ccc(CCC(N)C(C)C)cc1. The maximum Gasteiger partial charge on any atom is 0.118 e. The van der Waals surface area contributed by atoms with Gasteiger partial charge in [0.1, 0.15) is 5.75 Å². The van der Waals surface area contributed by atoms with Gasteiger partial charge in [-0.05, 0) is 36.5 Å². The van der Waals surface area contributed by atoms with E-state index in [1.807, 2.05) is 12.1 Å². The molecule has 0 amide bonds. The number of benzene rings is 1. The van der Waals surface area contributed by atoms with E-state index in [4.69, 9.17) is 10.5 Å². The number of rotatable bonds is 5. The van der Waals surface area contributed by atoms with E-state index in [1.165, 1.54) is 5.56 Å². The van der Waals surface area contributed by atoms with Crippen LogP contribution in [0, 0.1) is 5.92 Å². The molecule has 0 aromatic heterocycles. The van der Waals surface area contributed by atoms with Crippen molar-refractivity contribution in [1.82, 2.24) is 0 Å². The van der Waals surface area contributed by atoms with E-state index in [1.54, 1.807) is 7.11 Å². The summed E-state index contributed by atoms with van der Waals surface area (Å²) in [6.45, 7) is 4.33. The molecular formula is C13H21NO. The van der Waals surface area contributed by atoms with E-state index in [2.05, 4.69) is 26.0 Å². The summed E-state index contributed by atoms with van der Waals surface area (Å²) >= 11 is 0. The first-order valence-corrected chi connectivity index (χ1v) is 5.52. The van der Waals surface area contributed by atoms with Crippen LogP contribution < -0.4 is 10.5 Å². The van der Waals surface area contributed by atoms with E-state index in [-0.39, 0.29) is 0 Å². The normalized spacial score (nSPS) is 12.9. The molecule has 0 saturated carbocycles. The molecule has 0 radical (unpaired) electrons. The minimum Gasteiger partial charge on any atom is -0.497 e. The summed E-state index contributed by atoms with van der Waals surface area (Å²) in [4.78, 5) is 0. The average molecular weight is 207 g/mol. The highest BCUT2D eigenvalue weighted by atomic mass is 16.5. The summed E-state index contributed by atoms with van der Waals surface area (Å²) in [5.74, 6) is 1.47. The molecule has 0 saturated heterocycles. The van der Waals surface area contributed by atoms with Crippen molar-refractivity contribution < 1.29 is 4.74 Å². The minimum absolute atomic E-state index is 0.298. The molecule has 0 heterocycles. The molecule has 84 valence electrons. The maximum absolute atomic E-state index is 6.00. The Hall–Kier alpha value is -1.02. The summed E-state index contributed by atoms with van der Waals surface area (Å²) in [6, 6.07) is 8.50. The number of ether oxygens (including phenoxy) is 1.